The topological polar surface area (TPSA) is 63.1 Å². The van der Waals surface area contributed by atoms with Gasteiger partial charge in [0.2, 0.25) is 0 Å². The van der Waals surface area contributed by atoms with Crippen LogP contribution in [0, 0.1) is 6.92 Å². The fourth-order valence-corrected chi connectivity index (χ4v) is 0.895. The molecule has 1 aromatic rings. The molecule has 0 saturated heterocycles. The van der Waals surface area contributed by atoms with Gasteiger partial charge >= 0.3 is 5.97 Å². The first-order valence-corrected chi connectivity index (χ1v) is 3.71. The molecule has 0 aliphatic carbocycles. The molecule has 0 aromatic carbocycles. The number of aryl methyl sites for hydroxylation is 2. The van der Waals surface area contributed by atoms with Crippen molar-refractivity contribution in [3.63, 3.8) is 0 Å². The molecule has 0 atom stereocenters. The highest BCUT2D eigenvalue weighted by Crippen LogP contribution is 2.03. The highest BCUT2D eigenvalue weighted by atomic mass is 16.4. The third kappa shape index (κ3) is 1.58. The van der Waals surface area contributed by atoms with Crippen molar-refractivity contribution in [3.8, 4) is 0 Å². The lowest BCUT2D eigenvalue weighted by atomic mass is 10.2. The van der Waals surface area contributed by atoms with Crippen LogP contribution < -0.4 is 0 Å². The average molecular weight is 166 g/mol. The molecular formula is C8H10N2O2. The summed E-state index contributed by atoms with van der Waals surface area (Å²) in [6.45, 7) is 3.60. The molecule has 0 aliphatic rings. The van der Waals surface area contributed by atoms with Crippen molar-refractivity contribution in [1.82, 2.24) is 9.97 Å². The van der Waals surface area contributed by atoms with Gasteiger partial charge in [-0.05, 0) is 6.92 Å². The molecule has 0 unspecified atom stereocenters. The Bertz CT molecular complexity index is 310. The normalized spacial score (nSPS) is 9.83. The minimum Gasteiger partial charge on any atom is -0.478 e. The van der Waals surface area contributed by atoms with Crippen molar-refractivity contribution in [1.29, 1.82) is 0 Å². The predicted octanol–water partition coefficient (Wildman–Crippen LogP) is 1.05. The molecule has 0 bridgehead atoms. The number of hydrogen-bond acceptors (Lipinski definition) is 3. The first-order valence-electron chi connectivity index (χ1n) is 3.71. The average Bonchev–Trinajstić information content (AvgIpc) is 2.03. The molecule has 4 heteroatoms. The summed E-state index contributed by atoms with van der Waals surface area (Å²) >= 11 is 0. The van der Waals surface area contributed by atoms with Crippen LogP contribution in [0.1, 0.15) is 28.8 Å². The fraction of sp³-hybridized carbons (Fsp3) is 0.375. The maximum atomic E-state index is 10.5. The number of carboxylic acid groups (broad SMARTS) is 1. The molecule has 4 nitrogen and oxygen atoms in total. The summed E-state index contributed by atoms with van der Waals surface area (Å²) in [7, 11) is 0. The zero-order valence-electron chi connectivity index (χ0n) is 7.03. The van der Waals surface area contributed by atoms with Crippen LogP contribution >= 0.6 is 0 Å². The van der Waals surface area contributed by atoms with Crippen LogP contribution in [0.5, 0.6) is 0 Å². The van der Waals surface area contributed by atoms with E-state index >= 15 is 0 Å². The zero-order valence-corrected chi connectivity index (χ0v) is 7.03. The summed E-state index contributed by atoms with van der Waals surface area (Å²) < 4.78 is 0. The third-order valence-corrected chi connectivity index (χ3v) is 1.58. The van der Waals surface area contributed by atoms with Crippen LogP contribution in [-0.2, 0) is 6.42 Å². The van der Waals surface area contributed by atoms with Gasteiger partial charge in [0.05, 0.1) is 11.3 Å². The molecule has 0 spiro atoms. The van der Waals surface area contributed by atoms with Crippen LogP contribution in [0.25, 0.3) is 0 Å². The van der Waals surface area contributed by atoms with Crippen molar-refractivity contribution >= 4 is 5.97 Å². The van der Waals surface area contributed by atoms with Gasteiger partial charge in [-0.1, -0.05) is 6.92 Å². The number of nitrogens with zero attached hydrogens (tertiary/aromatic N) is 2. The third-order valence-electron chi connectivity index (χ3n) is 1.58. The zero-order chi connectivity index (χ0) is 9.14. The second-order valence-corrected chi connectivity index (χ2v) is 2.44. The lowest BCUT2D eigenvalue weighted by Crippen LogP contribution is -2.05. The van der Waals surface area contributed by atoms with Crippen LogP contribution in [0.3, 0.4) is 0 Å². The van der Waals surface area contributed by atoms with E-state index in [1.54, 1.807) is 6.92 Å². The molecule has 1 N–H and O–H groups in total. The van der Waals surface area contributed by atoms with Crippen molar-refractivity contribution < 1.29 is 9.90 Å². The van der Waals surface area contributed by atoms with E-state index in [-0.39, 0.29) is 5.56 Å². The summed E-state index contributed by atoms with van der Waals surface area (Å²) in [6, 6.07) is 0. The molecule has 1 rings (SSSR count). The van der Waals surface area contributed by atoms with E-state index in [0.29, 0.717) is 11.5 Å². The number of carbonyl (C=O) groups is 1. The highest BCUT2D eigenvalue weighted by Gasteiger charge is 2.08. The Hall–Kier alpha value is -1.45. The molecule has 0 aliphatic heterocycles. The second kappa shape index (κ2) is 3.30. The van der Waals surface area contributed by atoms with E-state index < -0.39 is 5.97 Å². The smallest absolute Gasteiger partial charge is 0.339 e. The van der Waals surface area contributed by atoms with Crippen LogP contribution in [0.4, 0.5) is 0 Å². The monoisotopic (exact) mass is 166 g/mol. The number of hydrogen-bond donors (Lipinski definition) is 1. The van der Waals surface area contributed by atoms with Gasteiger partial charge in [0.1, 0.15) is 5.82 Å². The molecule has 0 amide bonds. The Morgan fingerprint density at radius 3 is 2.75 bits per heavy atom. The van der Waals surface area contributed by atoms with E-state index in [0.717, 1.165) is 6.42 Å². The quantitative estimate of drug-likeness (QED) is 0.713. The molecule has 0 saturated carbocycles. The molecular weight excluding hydrogens is 156 g/mol. The van der Waals surface area contributed by atoms with Gasteiger partial charge in [0.15, 0.2) is 0 Å². The molecule has 12 heavy (non-hydrogen) atoms. The minimum absolute atomic E-state index is 0.173. The fourth-order valence-electron chi connectivity index (χ4n) is 0.895. The lowest BCUT2D eigenvalue weighted by molar-refractivity contribution is 0.0695. The molecule has 0 fully saturated rings. The van der Waals surface area contributed by atoms with Gasteiger partial charge in [-0.3, -0.25) is 0 Å². The number of aromatic carboxylic acids is 1. The maximum absolute atomic E-state index is 10.5. The Kier molecular flexibility index (Phi) is 2.38. The summed E-state index contributed by atoms with van der Waals surface area (Å²) in [6.07, 6.45) is 2.07. The van der Waals surface area contributed by atoms with E-state index in [4.69, 9.17) is 5.11 Å². The standard InChI is InChI=1S/C8H10N2O2/c1-3-7-9-4-6(8(11)12)5(2)10-7/h4H,3H2,1-2H3,(H,11,12). The Labute approximate surface area is 70.3 Å². The number of carboxylic acids is 1. The van der Waals surface area contributed by atoms with Crippen LogP contribution in [-0.4, -0.2) is 21.0 Å². The van der Waals surface area contributed by atoms with Gasteiger partial charge in [0.25, 0.3) is 0 Å². The molecule has 1 heterocycles. The summed E-state index contributed by atoms with van der Waals surface area (Å²) in [5, 5.41) is 8.65. The van der Waals surface area contributed by atoms with Crippen molar-refractivity contribution in [2.24, 2.45) is 0 Å². The summed E-state index contributed by atoms with van der Waals surface area (Å²) in [4.78, 5) is 18.4. The maximum Gasteiger partial charge on any atom is 0.339 e. The van der Waals surface area contributed by atoms with E-state index in [1.165, 1.54) is 6.20 Å². The van der Waals surface area contributed by atoms with Gasteiger partial charge < -0.3 is 5.11 Å². The number of rotatable bonds is 2. The van der Waals surface area contributed by atoms with Crippen molar-refractivity contribution in [2.45, 2.75) is 20.3 Å². The molecule has 1 aromatic heterocycles. The predicted molar refractivity (Wildman–Crippen MR) is 43.1 cm³/mol. The van der Waals surface area contributed by atoms with Gasteiger partial charge in [-0.15, -0.1) is 0 Å². The summed E-state index contributed by atoms with van der Waals surface area (Å²) in [5.74, 6) is -0.298. The lowest BCUT2D eigenvalue weighted by Gasteiger charge is -2.00. The van der Waals surface area contributed by atoms with Crippen molar-refractivity contribution in [3.05, 3.63) is 23.3 Å². The summed E-state index contributed by atoms with van der Waals surface area (Å²) in [5.41, 5.74) is 0.696. The van der Waals surface area contributed by atoms with E-state index in [9.17, 15) is 4.79 Å². The second-order valence-electron chi connectivity index (χ2n) is 2.44. The van der Waals surface area contributed by atoms with E-state index in [1.807, 2.05) is 6.92 Å². The molecule has 64 valence electrons. The number of aromatic nitrogens is 2. The van der Waals surface area contributed by atoms with Gasteiger partial charge in [0, 0.05) is 12.6 Å². The highest BCUT2D eigenvalue weighted by molar-refractivity contribution is 5.88. The first-order chi connectivity index (χ1) is 5.65. The first kappa shape index (κ1) is 8.64. The minimum atomic E-state index is -0.977. The van der Waals surface area contributed by atoms with Gasteiger partial charge in [-0.2, -0.15) is 0 Å². The molecule has 0 radical (unpaired) electrons. The Morgan fingerprint density at radius 1 is 1.67 bits per heavy atom. The van der Waals surface area contributed by atoms with Crippen LogP contribution in [0.15, 0.2) is 6.20 Å². The van der Waals surface area contributed by atoms with Crippen LogP contribution in [0.2, 0.25) is 0 Å². The van der Waals surface area contributed by atoms with Crippen molar-refractivity contribution in [2.75, 3.05) is 0 Å². The van der Waals surface area contributed by atoms with Gasteiger partial charge in [-0.25, -0.2) is 14.8 Å². The van der Waals surface area contributed by atoms with E-state index in [2.05, 4.69) is 9.97 Å². The Balaban J connectivity index is 3.12. The Morgan fingerprint density at radius 2 is 2.33 bits per heavy atom. The largest absolute Gasteiger partial charge is 0.478 e. The SMILES string of the molecule is CCc1ncc(C(=O)O)c(C)n1.